The Morgan fingerprint density at radius 3 is 2.84 bits per heavy atom. The fraction of sp³-hybridized carbons (Fsp3) is 0.647. The third-order valence-electron chi connectivity index (χ3n) is 4.79. The van der Waals surface area contributed by atoms with Crippen molar-refractivity contribution in [3.63, 3.8) is 0 Å². The van der Waals surface area contributed by atoms with Gasteiger partial charge in [-0.05, 0) is 33.2 Å². The van der Waals surface area contributed by atoms with Crippen molar-refractivity contribution in [3.05, 3.63) is 29.6 Å². The van der Waals surface area contributed by atoms with Crippen molar-refractivity contribution >= 4 is 5.91 Å². The zero-order valence-electron chi connectivity index (χ0n) is 15.5. The molecule has 1 aliphatic rings. The summed E-state index contributed by atoms with van der Waals surface area (Å²) in [5.41, 5.74) is 1.05. The van der Waals surface area contributed by atoms with Crippen molar-refractivity contribution in [1.82, 2.24) is 34.3 Å². The Bertz CT molecular complexity index is 735. The predicted octanol–water partition coefficient (Wildman–Crippen LogP) is 0.751. The van der Waals surface area contributed by atoms with Gasteiger partial charge in [-0.25, -0.2) is 9.67 Å². The van der Waals surface area contributed by atoms with Gasteiger partial charge in [0.25, 0.3) is 0 Å². The van der Waals surface area contributed by atoms with Crippen molar-refractivity contribution < 1.29 is 4.79 Å². The van der Waals surface area contributed by atoms with Crippen LogP contribution in [-0.4, -0.2) is 66.4 Å². The lowest BCUT2D eigenvalue weighted by atomic mass is 10.2. The van der Waals surface area contributed by atoms with Gasteiger partial charge in [-0.2, -0.15) is 10.2 Å². The van der Waals surface area contributed by atoms with E-state index in [1.165, 1.54) is 0 Å². The quantitative estimate of drug-likeness (QED) is 0.773. The van der Waals surface area contributed by atoms with Crippen molar-refractivity contribution in [3.8, 4) is 0 Å². The molecule has 0 aromatic carbocycles. The van der Waals surface area contributed by atoms with Gasteiger partial charge in [-0.15, -0.1) is 0 Å². The van der Waals surface area contributed by atoms with Crippen molar-refractivity contribution in [2.75, 3.05) is 20.1 Å². The second-order valence-electron chi connectivity index (χ2n) is 6.93. The average molecular weight is 345 g/mol. The van der Waals surface area contributed by atoms with E-state index in [1.54, 1.807) is 15.8 Å². The fourth-order valence-electron chi connectivity index (χ4n) is 3.45. The van der Waals surface area contributed by atoms with Gasteiger partial charge in [-0.1, -0.05) is 0 Å². The zero-order chi connectivity index (χ0) is 18.0. The third kappa shape index (κ3) is 4.25. The van der Waals surface area contributed by atoms with E-state index in [1.807, 2.05) is 38.8 Å². The molecule has 1 atom stereocenters. The van der Waals surface area contributed by atoms with E-state index in [0.717, 1.165) is 43.1 Å². The molecule has 0 aliphatic carbocycles. The van der Waals surface area contributed by atoms with Crippen LogP contribution in [0.15, 0.2) is 12.4 Å². The van der Waals surface area contributed by atoms with E-state index in [9.17, 15) is 4.79 Å². The van der Waals surface area contributed by atoms with E-state index in [2.05, 4.69) is 20.1 Å². The second kappa shape index (κ2) is 7.35. The van der Waals surface area contributed by atoms with Crippen LogP contribution in [0, 0.1) is 13.8 Å². The van der Waals surface area contributed by atoms with Crippen LogP contribution >= 0.6 is 0 Å². The average Bonchev–Trinajstić information content (AvgIpc) is 3.23. The van der Waals surface area contributed by atoms with Crippen molar-refractivity contribution in [2.45, 2.75) is 45.8 Å². The Morgan fingerprint density at radius 2 is 2.20 bits per heavy atom. The largest absolute Gasteiger partial charge is 0.340 e. The van der Waals surface area contributed by atoms with Gasteiger partial charge in [-0.3, -0.25) is 14.4 Å². The summed E-state index contributed by atoms with van der Waals surface area (Å²) in [5.74, 6) is 1.88. The maximum absolute atomic E-state index is 12.6. The topological polar surface area (TPSA) is 72.1 Å². The number of amides is 1. The first kappa shape index (κ1) is 17.6. The molecule has 136 valence electrons. The minimum Gasteiger partial charge on any atom is -0.340 e. The Kier molecular flexibility index (Phi) is 5.17. The molecule has 3 rings (SSSR count). The molecule has 25 heavy (non-hydrogen) atoms. The first-order valence-electron chi connectivity index (χ1n) is 8.76. The Hall–Kier alpha value is -2.22. The lowest BCUT2D eigenvalue weighted by molar-refractivity contribution is -0.131. The van der Waals surface area contributed by atoms with Crippen LogP contribution in [0.5, 0.6) is 0 Å². The van der Waals surface area contributed by atoms with Crippen LogP contribution in [0.25, 0.3) is 0 Å². The summed E-state index contributed by atoms with van der Waals surface area (Å²) < 4.78 is 3.72. The number of hydrogen-bond acceptors (Lipinski definition) is 5. The molecule has 1 fully saturated rings. The number of aromatic nitrogens is 5. The van der Waals surface area contributed by atoms with Gasteiger partial charge in [0.05, 0.1) is 19.3 Å². The number of likely N-dealkylation sites (N-methyl/N-ethyl adjacent to an activating group) is 1. The third-order valence-corrected chi connectivity index (χ3v) is 4.79. The van der Waals surface area contributed by atoms with Crippen molar-refractivity contribution in [1.29, 1.82) is 0 Å². The molecule has 2 aromatic heterocycles. The smallest absolute Gasteiger partial charge is 0.236 e. The van der Waals surface area contributed by atoms with Gasteiger partial charge in [0.1, 0.15) is 11.6 Å². The molecule has 3 heterocycles. The molecule has 0 unspecified atom stereocenters. The van der Waals surface area contributed by atoms with Gasteiger partial charge < -0.3 is 4.90 Å². The lowest BCUT2D eigenvalue weighted by Crippen LogP contribution is -2.42. The number of likely N-dealkylation sites (tertiary alicyclic amines) is 1. The van der Waals surface area contributed by atoms with Crippen LogP contribution in [0.2, 0.25) is 0 Å². The monoisotopic (exact) mass is 345 g/mol. The number of nitrogens with zero attached hydrogens (tertiary/aromatic N) is 7. The number of rotatable bonds is 6. The first-order valence-corrected chi connectivity index (χ1v) is 8.76. The summed E-state index contributed by atoms with van der Waals surface area (Å²) in [7, 11) is 3.74. The highest BCUT2D eigenvalue weighted by Gasteiger charge is 2.28. The molecule has 2 aromatic rings. The summed E-state index contributed by atoms with van der Waals surface area (Å²) >= 11 is 0. The van der Waals surface area contributed by atoms with E-state index in [4.69, 9.17) is 0 Å². The van der Waals surface area contributed by atoms with E-state index in [0.29, 0.717) is 19.1 Å². The SMILES string of the molecule is Cc1nc(C)n(C[C@H]2CCCN2CC(=O)N(C)Cc2cnn(C)c2)n1. The summed E-state index contributed by atoms with van der Waals surface area (Å²) in [4.78, 5) is 21.0. The molecule has 0 spiro atoms. The van der Waals surface area contributed by atoms with Gasteiger partial charge in [0.15, 0.2) is 0 Å². The van der Waals surface area contributed by atoms with Gasteiger partial charge >= 0.3 is 0 Å². The number of carbonyl (C=O) groups is 1. The molecular formula is C17H27N7O. The van der Waals surface area contributed by atoms with Crippen LogP contribution in [-0.2, 0) is 24.9 Å². The molecule has 0 radical (unpaired) electrons. The van der Waals surface area contributed by atoms with Crippen LogP contribution in [0.3, 0.4) is 0 Å². The Balaban J connectivity index is 1.56. The van der Waals surface area contributed by atoms with Crippen molar-refractivity contribution in [2.24, 2.45) is 7.05 Å². The molecule has 0 bridgehead atoms. The molecule has 1 aliphatic heterocycles. The summed E-state index contributed by atoms with van der Waals surface area (Å²) in [5, 5.41) is 8.61. The highest BCUT2D eigenvalue weighted by Crippen LogP contribution is 2.19. The summed E-state index contributed by atoms with van der Waals surface area (Å²) in [6, 6.07) is 0.343. The second-order valence-corrected chi connectivity index (χ2v) is 6.93. The number of aryl methyl sites for hydroxylation is 3. The summed E-state index contributed by atoms with van der Waals surface area (Å²) in [6.45, 7) is 6.69. The van der Waals surface area contributed by atoms with Gasteiger partial charge in [0.2, 0.25) is 5.91 Å². The van der Waals surface area contributed by atoms with E-state index < -0.39 is 0 Å². The lowest BCUT2D eigenvalue weighted by Gasteiger charge is -2.26. The molecular weight excluding hydrogens is 318 g/mol. The molecule has 0 saturated carbocycles. The minimum atomic E-state index is 0.141. The highest BCUT2D eigenvalue weighted by molar-refractivity contribution is 5.78. The minimum absolute atomic E-state index is 0.141. The normalized spacial score (nSPS) is 18.0. The van der Waals surface area contributed by atoms with Crippen LogP contribution in [0.1, 0.15) is 30.1 Å². The maximum atomic E-state index is 12.6. The molecule has 8 nitrogen and oxygen atoms in total. The number of carbonyl (C=O) groups excluding carboxylic acids is 1. The van der Waals surface area contributed by atoms with E-state index in [-0.39, 0.29) is 5.91 Å². The number of hydrogen-bond donors (Lipinski definition) is 0. The fourth-order valence-corrected chi connectivity index (χ4v) is 3.45. The van der Waals surface area contributed by atoms with Crippen LogP contribution in [0.4, 0.5) is 0 Å². The standard InChI is InChI=1S/C17H27N7O/c1-13-19-14(2)24(20-13)11-16-6-5-7-23(16)12-17(25)21(3)9-15-8-18-22(4)10-15/h8,10,16H,5-7,9,11-12H2,1-4H3/t16-/m1/s1. The Labute approximate surface area is 148 Å². The van der Waals surface area contributed by atoms with Gasteiger partial charge in [0, 0.05) is 38.4 Å². The first-order chi connectivity index (χ1) is 11.9. The zero-order valence-corrected chi connectivity index (χ0v) is 15.5. The molecule has 0 N–H and O–H groups in total. The molecule has 1 amide bonds. The predicted molar refractivity (Wildman–Crippen MR) is 93.8 cm³/mol. The maximum Gasteiger partial charge on any atom is 0.236 e. The van der Waals surface area contributed by atoms with E-state index >= 15 is 0 Å². The Morgan fingerprint density at radius 1 is 1.40 bits per heavy atom. The molecule has 1 saturated heterocycles. The summed E-state index contributed by atoms with van der Waals surface area (Å²) in [6.07, 6.45) is 5.96. The van der Waals surface area contributed by atoms with Crippen LogP contribution < -0.4 is 0 Å². The molecule has 8 heteroatoms. The highest BCUT2D eigenvalue weighted by atomic mass is 16.2.